The summed E-state index contributed by atoms with van der Waals surface area (Å²) in [5, 5.41) is 3.42. The number of aromatic nitrogens is 1. The van der Waals surface area contributed by atoms with Gasteiger partial charge < -0.3 is 9.47 Å². The number of anilines is 1. The lowest BCUT2D eigenvalue weighted by atomic mass is 10.1. The van der Waals surface area contributed by atoms with Crippen LogP contribution in [0, 0.1) is 6.92 Å². The maximum atomic E-state index is 12.3. The van der Waals surface area contributed by atoms with Crippen LogP contribution in [-0.2, 0) is 4.79 Å². The van der Waals surface area contributed by atoms with E-state index in [1.54, 1.807) is 6.08 Å². The topological polar surface area (TPSA) is 60.5 Å². The number of thiazole rings is 1. The first-order valence-electron chi connectivity index (χ1n) is 9.52. The molecule has 0 atom stereocenters. The fourth-order valence-electron chi connectivity index (χ4n) is 2.80. The molecule has 1 aromatic heterocycles. The standard InChI is InChI=1S/C23H24N2O3S/c1-4-27-19-13-11-17(15-20(19)28-5-2)12-14-21(26)24-23-25-22(16(3)29-23)18-9-7-6-8-10-18/h6-15H,4-5H2,1-3H3,(H,24,25,26). The summed E-state index contributed by atoms with van der Waals surface area (Å²) < 4.78 is 11.2. The molecule has 0 saturated carbocycles. The number of rotatable bonds is 8. The molecule has 0 aliphatic rings. The smallest absolute Gasteiger partial charge is 0.250 e. The number of hydrogen-bond donors (Lipinski definition) is 1. The fourth-order valence-corrected chi connectivity index (χ4v) is 3.64. The van der Waals surface area contributed by atoms with E-state index in [2.05, 4.69) is 10.3 Å². The molecule has 5 nitrogen and oxygen atoms in total. The zero-order valence-electron chi connectivity index (χ0n) is 16.8. The van der Waals surface area contributed by atoms with Gasteiger partial charge in [-0.1, -0.05) is 36.4 Å². The van der Waals surface area contributed by atoms with Gasteiger partial charge in [-0.15, -0.1) is 11.3 Å². The van der Waals surface area contributed by atoms with Crippen LogP contribution in [0.15, 0.2) is 54.6 Å². The molecule has 0 unspecified atom stereocenters. The van der Waals surface area contributed by atoms with Gasteiger partial charge in [0.15, 0.2) is 16.6 Å². The van der Waals surface area contributed by atoms with Crippen molar-refractivity contribution in [1.29, 1.82) is 0 Å². The third-order valence-electron chi connectivity index (χ3n) is 4.07. The molecular formula is C23H24N2O3S. The number of ether oxygens (including phenoxy) is 2. The zero-order chi connectivity index (χ0) is 20.6. The van der Waals surface area contributed by atoms with Crippen molar-refractivity contribution >= 4 is 28.5 Å². The molecule has 1 N–H and O–H groups in total. The Morgan fingerprint density at radius 1 is 1.07 bits per heavy atom. The lowest BCUT2D eigenvalue weighted by Crippen LogP contribution is -2.07. The van der Waals surface area contributed by atoms with Crippen LogP contribution in [0.5, 0.6) is 11.5 Å². The highest BCUT2D eigenvalue weighted by Gasteiger charge is 2.11. The summed E-state index contributed by atoms with van der Waals surface area (Å²) in [5.41, 5.74) is 2.78. The molecule has 3 aromatic rings. The van der Waals surface area contributed by atoms with Crippen LogP contribution in [-0.4, -0.2) is 24.1 Å². The molecule has 3 rings (SSSR count). The third kappa shape index (κ3) is 5.45. The molecule has 0 aliphatic carbocycles. The number of nitrogens with one attached hydrogen (secondary N) is 1. The SMILES string of the molecule is CCOc1ccc(C=CC(=O)Nc2nc(-c3ccccc3)c(C)s2)cc1OCC. The summed E-state index contributed by atoms with van der Waals surface area (Å²) in [6.45, 7) is 6.96. The van der Waals surface area contributed by atoms with Gasteiger partial charge in [-0.05, 0) is 44.5 Å². The van der Waals surface area contributed by atoms with Gasteiger partial charge in [0, 0.05) is 16.5 Å². The largest absolute Gasteiger partial charge is 0.490 e. The highest BCUT2D eigenvalue weighted by molar-refractivity contribution is 7.16. The van der Waals surface area contributed by atoms with Crippen molar-refractivity contribution < 1.29 is 14.3 Å². The van der Waals surface area contributed by atoms with E-state index in [4.69, 9.17) is 9.47 Å². The van der Waals surface area contributed by atoms with E-state index in [0.717, 1.165) is 21.7 Å². The molecule has 150 valence electrons. The number of carbonyl (C=O) groups is 1. The van der Waals surface area contributed by atoms with Gasteiger partial charge in [-0.2, -0.15) is 0 Å². The minimum Gasteiger partial charge on any atom is -0.490 e. The van der Waals surface area contributed by atoms with Crippen LogP contribution in [0.25, 0.3) is 17.3 Å². The van der Waals surface area contributed by atoms with Gasteiger partial charge in [0.1, 0.15) is 0 Å². The Bertz CT molecular complexity index is 997. The van der Waals surface area contributed by atoms with E-state index < -0.39 is 0 Å². The molecule has 0 saturated heterocycles. The third-order valence-corrected chi connectivity index (χ3v) is 4.95. The van der Waals surface area contributed by atoms with Crippen molar-refractivity contribution in [2.75, 3.05) is 18.5 Å². The van der Waals surface area contributed by atoms with Crippen LogP contribution in [0.3, 0.4) is 0 Å². The summed E-state index contributed by atoms with van der Waals surface area (Å²) in [6, 6.07) is 15.5. The summed E-state index contributed by atoms with van der Waals surface area (Å²) in [5.74, 6) is 1.13. The quantitative estimate of drug-likeness (QED) is 0.495. The van der Waals surface area contributed by atoms with E-state index in [0.29, 0.717) is 29.8 Å². The van der Waals surface area contributed by atoms with Crippen molar-refractivity contribution in [3.63, 3.8) is 0 Å². The van der Waals surface area contributed by atoms with Gasteiger partial charge in [0.2, 0.25) is 5.91 Å². The minimum atomic E-state index is -0.231. The highest BCUT2D eigenvalue weighted by Crippen LogP contribution is 2.31. The van der Waals surface area contributed by atoms with Gasteiger partial charge in [0.05, 0.1) is 18.9 Å². The second-order valence-corrected chi connectivity index (χ2v) is 7.39. The Hall–Kier alpha value is -3.12. The Kier molecular flexibility index (Phi) is 7.03. The Labute approximate surface area is 175 Å². The molecule has 0 fully saturated rings. The van der Waals surface area contributed by atoms with Crippen molar-refractivity contribution in [2.45, 2.75) is 20.8 Å². The van der Waals surface area contributed by atoms with Crippen molar-refractivity contribution in [3.05, 3.63) is 65.0 Å². The second kappa shape index (κ2) is 9.89. The van der Waals surface area contributed by atoms with Crippen molar-refractivity contribution in [1.82, 2.24) is 4.98 Å². The molecule has 29 heavy (non-hydrogen) atoms. The molecular weight excluding hydrogens is 384 g/mol. The van der Waals surface area contributed by atoms with E-state index >= 15 is 0 Å². The van der Waals surface area contributed by atoms with Crippen LogP contribution < -0.4 is 14.8 Å². The fraction of sp³-hybridized carbons (Fsp3) is 0.217. The van der Waals surface area contributed by atoms with Crippen LogP contribution in [0.2, 0.25) is 0 Å². The zero-order valence-corrected chi connectivity index (χ0v) is 17.6. The average Bonchev–Trinajstić information content (AvgIpc) is 3.09. The Balaban J connectivity index is 1.69. The van der Waals surface area contributed by atoms with Crippen LogP contribution in [0.1, 0.15) is 24.3 Å². The first-order chi connectivity index (χ1) is 14.1. The normalized spacial score (nSPS) is 10.9. The summed E-state index contributed by atoms with van der Waals surface area (Å²) in [4.78, 5) is 18.0. The number of carbonyl (C=O) groups excluding carboxylic acids is 1. The average molecular weight is 409 g/mol. The minimum absolute atomic E-state index is 0.231. The van der Waals surface area contributed by atoms with Crippen LogP contribution in [0.4, 0.5) is 5.13 Å². The number of amides is 1. The summed E-state index contributed by atoms with van der Waals surface area (Å²) >= 11 is 1.46. The maximum absolute atomic E-state index is 12.3. The van der Waals surface area contributed by atoms with Gasteiger partial charge >= 0.3 is 0 Å². The molecule has 1 amide bonds. The van der Waals surface area contributed by atoms with Crippen LogP contribution >= 0.6 is 11.3 Å². The molecule has 0 aliphatic heterocycles. The number of aryl methyl sites for hydroxylation is 1. The van der Waals surface area contributed by atoms with E-state index in [1.165, 1.54) is 17.4 Å². The number of benzene rings is 2. The monoisotopic (exact) mass is 408 g/mol. The highest BCUT2D eigenvalue weighted by atomic mass is 32.1. The molecule has 6 heteroatoms. The molecule has 1 heterocycles. The van der Waals surface area contributed by atoms with E-state index in [9.17, 15) is 4.79 Å². The maximum Gasteiger partial charge on any atom is 0.250 e. The van der Waals surface area contributed by atoms with Crippen molar-refractivity contribution in [3.8, 4) is 22.8 Å². The Morgan fingerprint density at radius 3 is 2.52 bits per heavy atom. The lowest BCUT2D eigenvalue weighted by Gasteiger charge is -2.11. The first-order valence-corrected chi connectivity index (χ1v) is 10.3. The Morgan fingerprint density at radius 2 is 1.79 bits per heavy atom. The van der Waals surface area contributed by atoms with Gasteiger partial charge in [-0.25, -0.2) is 4.98 Å². The van der Waals surface area contributed by atoms with Crippen molar-refractivity contribution in [2.24, 2.45) is 0 Å². The van der Waals surface area contributed by atoms with Gasteiger partial charge in [-0.3, -0.25) is 10.1 Å². The number of hydrogen-bond acceptors (Lipinski definition) is 5. The molecule has 0 bridgehead atoms. The lowest BCUT2D eigenvalue weighted by molar-refractivity contribution is -0.111. The molecule has 0 radical (unpaired) electrons. The van der Waals surface area contributed by atoms with Gasteiger partial charge in [0.25, 0.3) is 0 Å². The summed E-state index contributed by atoms with van der Waals surface area (Å²) in [7, 11) is 0. The van der Waals surface area contributed by atoms with E-state index in [-0.39, 0.29) is 5.91 Å². The van der Waals surface area contributed by atoms with E-state index in [1.807, 2.05) is 69.3 Å². The second-order valence-electron chi connectivity index (χ2n) is 6.18. The number of nitrogens with zero attached hydrogens (tertiary/aromatic N) is 1. The predicted molar refractivity (Wildman–Crippen MR) is 119 cm³/mol. The molecule has 2 aromatic carbocycles. The predicted octanol–water partition coefficient (Wildman–Crippen LogP) is 5.57. The summed E-state index contributed by atoms with van der Waals surface area (Å²) in [6.07, 6.45) is 3.23. The first kappa shape index (κ1) is 20.6. The molecule has 0 spiro atoms.